The summed E-state index contributed by atoms with van der Waals surface area (Å²) in [5.41, 5.74) is 1.27. The topological polar surface area (TPSA) is 61.8 Å². The summed E-state index contributed by atoms with van der Waals surface area (Å²) in [7, 11) is 0. The van der Waals surface area contributed by atoms with E-state index in [9.17, 15) is 4.79 Å². The minimum Gasteiger partial charge on any atom is -0.379 e. The van der Waals surface area contributed by atoms with Crippen LogP contribution in [0.1, 0.15) is 23.2 Å². The molecule has 4 rings (SSSR count). The molecule has 0 aromatic carbocycles. The van der Waals surface area contributed by atoms with Crippen LogP contribution in [-0.4, -0.2) is 78.2 Å². The molecule has 0 bridgehead atoms. The van der Waals surface area contributed by atoms with Crippen LogP contribution in [0.3, 0.4) is 0 Å². The number of piperazine rings is 1. The molecule has 2 saturated heterocycles. The van der Waals surface area contributed by atoms with Crippen LogP contribution in [0.4, 0.5) is 5.82 Å². The molecule has 2 aromatic rings. The minimum absolute atomic E-state index is 0.151. The van der Waals surface area contributed by atoms with Crippen molar-refractivity contribution in [3.63, 3.8) is 0 Å². The van der Waals surface area contributed by atoms with E-state index in [2.05, 4.69) is 23.6 Å². The Hall–Kier alpha value is -1.77. The van der Waals surface area contributed by atoms with E-state index in [1.807, 2.05) is 4.90 Å². The maximum absolute atomic E-state index is 11.7. The summed E-state index contributed by atoms with van der Waals surface area (Å²) >= 11 is 1.75. The molecule has 0 radical (unpaired) electrons. The van der Waals surface area contributed by atoms with Gasteiger partial charge < -0.3 is 14.5 Å². The van der Waals surface area contributed by atoms with Crippen molar-refractivity contribution >= 4 is 33.3 Å². The number of aromatic nitrogens is 2. The Bertz CT molecular complexity index is 838. The van der Waals surface area contributed by atoms with Crippen molar-refractivity contribution < 1.29 is 9.53 Å². The first-order valence-electron chi connectivity index (χ1n) is 9.60. The number of ether oxygens (including phenoxy) is 1. The molecule has 0 aliphatic carbocycles. The van der Waals surface area contributed by atoms with E-state index in [1.165, 1.54) is 15.8 Å². The third kappa shape index (κ3) is 3.79. The van der Waals surface area contributed by atoms with Gasteiger partial charge in [0.15, 0.2) is 0 Å². The Balaban J connectivity index is 1.65. The van der Waals surface area contributed by atoms with Gasteiger partial charge in [0.1, 0.15) is 16.5 Å². The Morgan fingerprint density at radius 2 is 1.78 bits per heavy atom. The molecule has 2 aliphatic heterocycles. The fraction of sp³-hybridized carbons (Fsp3) is 0.632. The quantitative estimate of drug-likeness (QED) is 0.798. The number of hydrogen-bond acceptors (Lipinski definition) is 7. The summed E-state index contributed by atoms with van der Waals surface area (Å²) in [6, 6.07) is 0. The molecule has 0 spiro atoms. The van der Waals surface area contributed by atoms with Crippen LogP contribution < -0.4 is 4.90 Å². The van der Waals surface area contributed by atoms with E-state index in [0.29, 0.717) is 0 Å². The lowest BCUT2D eigenvalue weighted by Gasteiger charge is -2.35. The van der Waals surface area contributed by atoms with Gasteiger partial charge in [-0.15, -0.1) is 11.3 Å². The van der Waals surface area contributed by atoms with Crippen LogP contribution in [0.5, 0.6) is 0 Å². The summed E-state index contributed by atoms with van der Waals surface area (Å²) in [5, 5.41) is 1.18. The highest BCUT2D eigenvalue weighted by Gasteiger charge is 2.24. The minimum atomic E-state index is 0.151. The maximum atomic E-state index is 11.7. The van der Waals surface area contributed by atoms with Crippen molar-refractivity contribution in [2.45, 2.75) is 27.3 Å². The van der Waals surface area contributed by atoms with E-state index in [4.69, 9.17) is 14.7 Å². The second-order valence-electron chi connectivity index (χ2n) is 7.31. The van der Waals surface area contributed by atoms with Gasteiger partial charge in [0.25, 0.3) is 0 Å². The molecule has 0 saturated carbocycles. The molecule has 7 nitrogen and oxygen atoms in total. The van der Waals surface area contributed by atoms with Crippen molar-refractivity contribution in [3.05, 3.63) is 16.3 Å². The number of hydrogen-bond donors (Lipinski definition) is 0. The van der Waals surface area contributed by atoms with Crippen LogP contribution >= 0.6 is 11.3 Å². The van der Waals surface area contributed by atoms with Crippen molar-refractivity contribution in [1.82, 2.24) is 19.8 Å². The SMILES string of the molecule is CC(=O)N1CCN(c2nc(CN3CCOCC3)nc3sc(C)c(C)c23)CC1. The molecule has 146 valence electrons. The van der Waals surface area contributed by atoms with Crippen LogP contribution in [0, 0.1) is 13.8 Å². The Kier molecular flexibility index (Phi) is 5.29. The van der Waals surface area contributed by atoms with Gasteiger partial charge in [0.2, 0.25) is 5.91 Å². The Labute approximate surface area is 163 Å². The van der Waals surface area contributed by atoms with E-state index in [0.717, 1.165) is 75.5 Å². The number of amides is 1. The largest absolute Gasteiger partial charge is 0.379 e. The van der Waals surface area contributed by atoms with Gasteiger partial charge in [-0.2, -0.15) is 0 Å². The number of aryl methyl sites for hydroxylation is 2. The van der Waals surface area contributed by atoms with Crippen molar-refractivity contribution in [3.8, 4) is 0 Å². The molecule has 2 aromatic heterocycles. The molecule has 1 amide bonds. The van der Waals surface area contributed by atoms with Gasteiger partial charge in [0.05, 0.1) is 25.1 Å². The average molecular weight is 390 g/mol. The number of fused-ring (bicyclic) bond motifs is 1. The zero-order valence-electron chi connectivity index (χ0n) is 16.3. The highest BCUT2D eigenvalue weighted by molar-refractivity contribution is 7.18. The van der Waals surface area contributed by atoms with Crippen LogP contribution in [0.15, 0.2) is 0 Å². The zero-order chi connectivity index (χ0) is 19.0. The molecule has 0 atom stereocenters. The predicted molar refractivity (Wildman–Crippen MR) is 107 cm³/mol. The van der Waals surface area contributed by atoms with E-state index in [1.54, 1.807) is 18.3 Å². The predicted octanol–water partition coefficient (Wildman–Crippen LogP) is 1.81. The van der Waals surface area contributed by atoms with Crippen molar-refractivity contribution in [1.29, 1.82) is 0 Å². The molecule has 2 fully saturated rings. The maximum Gasteiger partial charge on any atom is 0.219 e. The normalized spacial score (nSPS) is 19.1. The van der Waals surface area contributed by atoms with Gasteiger partial charge in [-0.3, -0.25) is 9.69 Å². The second-order valence-corrected chi connectivity index (χ2v) is 8.51. The van der Waals surface area contributed by atoms with Crippen LogP contribution in [0.25, 0.3) is 10.2 Å². The van der Waals surface area contributed by atoms with Crippen molar-refractivity contribution in [2.75, 3.05) is 57.4 Å². The van der Waals surface area contributed by atoms with Gasteiger partial charge in [-0.05, 0) is 19.4 Å². The molecule has 4 heterocycles. The molecular formula is C19H27N5O2S. The number of morpholine rings is 1. The first kappa shape index (κ1) is 18.6. The Morgan fingerprint density at radius 1 is 1.07 bits per heavy atom. The number of rotatable bonds is 3. The standard InChI is InChI=1S/C19H27N5O2S/c1-13-14(2)27-19-17(13)18(24-6-4-23(5-7-24)15(3)25)20-16(21-19)12-22-8-10-26-11-9-22/h4-12H2,1-3H3. The summed E-state index contributed by atoms with van der Waals surface area (Å²) in [4.78, 5) is 30.5. The van der Waals surface area contributed by atoms with Gasteiger partial charge in [-0.1, -0.05) is 0 Å². The highest BCUT2D eigenvalue weighted by Crippen LogP contribution is 2.35. The summed E-state index contributed by atoms with van der Waals surface area (Å²) in [6.07, 6.45) is 0. The van der Waals surface area contributed by atoms with Crippen molar-refractivity contribution in [2.24, 2.45) is 0 Å². The van der Waals surface area contributed by atoms with E-state index in [-0.39, 0.29) is 5.91 Å². The number of thiophene rings is 1. The number of carbonyl (C=O) groups excluding carboxylic acids is 1. The monoisotopic (exact) mass is 389 g/mol. The van der Waals surface area contributed by atoms with Crippen LogP contribution in [0.2, 0.25) is 0 Å². The molecule has 0 N–H and O–H groups in total. The number of carbonyl (C=O) groups is 1. The fourth-order valence-corrected chi connectivity index (χ4v) is 4.81. The molecule has 8 heteroatoms. The summed E-state index contributed by atoms with van der Waals surface area (Å²) in [6.45, 7) is 13.3. The molecular weight excluding hydrogens is 362 g/mol. The average Bonchev–Trinajstić information content (AvgIpc) is 2.96. The van der Waals surface area contributed by atoms with Gasteiger partial charge in [-0.25, -0.2) is 9.97 Å². The number of nitrogens with zero attached hydrogens (tertiary/aromatic N) is 5. The lowest BCUT2D eigenvalue weighted by molar-refractivity contribution is -0.129. The van der Waals surface area contributed by atoms with E-state index < -0.39 is 0 Å². The first-order chi connectivity index (χ1) is 13.0. The Morgan fingerprint density at radius 3 is 2.44 bits per heavy atom. The van der Waals surface area contributed by atoms with Crippen LogP contribution in [-0.2, 0) is 16.1 Å². The van der Waals surface area contributed by atoms with Gasteiger partial charge >= 0.3 is 0 Å². The smallest absolute Gasteiger partial charge is 0.219 e. The lowest BCUT2D eigenvalue weighted by atomic mass is 10.2. The third-order valence-corrected chi connectivity index (χ3v) is 6.65. The summed E-state index contributed by atoms with van der Waals surface area (Å²) in [5.74, 6) is 2.07. The molecule has 27 heavy (non-hydrogen) atoms. The first-order valence-corrected chi connectivity index (χ1v) is 10.4. The fourth-order valence-electron chi connectivity index (χ4n) is 3.76. The highest BCUT2D eigenvalue weighted by atomic mass is 32.1. The zero-order valence-corrected chi connectivity index (χ0v) is 17.1. The number of anilines is 1. The summed E-state index contributed by atoms with van der Waals surface area (Å²) < 4.78 is 5.45. The van der Waals surface area contributed by atoms with E-state index >= 15 is 0 Å². The van der Waals surface area contributed by atoms with Gasteiger partial charge in [0, 0.05) is 51.1 Å². The molecule has 0 unspecified atom stereocenters. The third-order valence-electron chi connectivity index (χ3n) is 5.55. The molecule has 2 aliphatic rings. The second kappa shape index (κ2) is 7.69. The lowest BCUT2D eigenvalue weighted by Crippen LogP contribution is -2.48.